The first kappa shape index (κ1) is 26.9. The summed E-state index contributed by atoms with van der Waals surface area (Å²) in [6, 6.07) is 22.7. The van der Waals surface area contributed by atoms with Gasteiger partial charge in [0, 0.05) is 28.5 Å². The van der Waals surface area contributed by atoms with E-state index in [9.17, 15) is 13.5 Å². The molecule has 9 heteroatoms. The number of fused-ring (bicyclic) bond motifs is 1. The van der Waals surface area contributed by atoms with E-state index in [0.717, 1.165) is 20.9 Å². The Morgan fingerprint density at radius 2 is 1.70 bits per heavy atom. The Bertz CT molecular complexity index is 1500. The molecule has 4 aromatic rings. The lowest BCUT2D eigenvalue weighted by molar-refractivity contribution is 0.419. The standard InChI is InChI=1S/C28H31BrN4O3S/c1-4-18-37(35,36)33(17-16-32(2)3)23-13-11-22(12-14-23)30-27(20-8-6-5-7-9-20)26-24-15-10-21(29)19-25(24)31-28(26)34/h5-15,19,31,34H,4,16-18H2,1-3H3. The Morgan fingerprint density at radius 1 is 1.00 bits per heavy atom. The van der Waals surface area contributed by atoms with E-state index in [-0.39, 0.29) is 11.6 Å². The second-order valence-electron chi connectivity index (χ2n) is 9.07. The predicted octanol–water partition coefficient (Wildman–Crippen LogP) is 5.91. The van der Waals surface area contributed by atoms with Gasteiger partial charge in [0.25, 0.3) is 0 Å². The van der Waals surface area contributed by atoms with Crippen molar-refractivity contribution in [2.24, 2.45) is 4.99 Å². The third kappa shape index (κ3) is 6.23. The number of hydrogen-bond acceptors (Lipinski definition) is 5. The number of aromatic amines is 1. The number of likely N-dealkylation sites (N-methyl/N-ethyl adjacent to an activating group) is 1. The summed E-state index contributed by atoms with van der Waals surface area (Å²) in [5, 5.41) is 11.7. The molecule has 1 aromatic heterocycles. The van der Waals surface area contributed by atoms with Gasteiger partial charge in [0.1, 0.15) is 0 Å². The molecule has 3 aromatic carbocycles. The van der Waals surface area contributed by atoms with Crippen molar-refractivity contribution in [3.05, 3.63) is 88.4 Å². The summed E-state index contributed by atoms with van der Waals surface area (Å²) >= 11 is 3.48. The summed E-state index contributed by atoms with van der Waals surface area (Å²) < 4.78 is 28.3. The van der Waals surface area contributed by atoms with Crippen LogP contribution in [0.2, 0.25) is 0 Å². The molecule has 37 heavy (non-hydrogen) atoms. The van der Waals surface area contributed by atoms with Crippen molar-refractivity contribution < 1.29 is 13.5 Å². The highest BCUT2D eigenvalue weighted by molar-refractivity contribution is 9.10. The number of rotatable bonds is 10. The van der Waals surface area contributed by atoms with Crippen molar-refractivity contribution in [3.63, 3.8) is 0 Å². The molecule has 2 N–H and O–H groups in total. The number of aromatic nitrogens is 1. The Kier molecular flexibility index (Phi) is 8.36. The minimum atomic E-state index is -3.44. The van der Waals surface area contributed by atoms with Gasteiger partial charge in [-0.3, -0.25) is 4.31 Å². The number of sulfonamides is 1. The van der Waals surface area contributed by atoms with E-state index in [1.54, 1.807) is 12.1 Å². The van der Waals surface area contributed by atoms with Crippen molar-refractivity contribution in [2.75, 3.05) is 37.2 Å². The molecule has 0 saturated carbocycles. The van der Waals surface area contributed by atoms with Crippen LogP contribution in [0.3, 0.4) is 0 Å². The van der Waals surface area contributed by atoms with Crippen LogP contribution in [0.15, 0.2) is 82.3 Å². The number of nitrogens with zero attached hydrogens (tertiary/aromatic N) is 3. The molecular formula is C28H31BrN4O3S. The summed E-state index contributed by atoms with van der Waals surface area (Å²) in [6.45, 7) is 2.84. The number of anilines is 1. The largest absolute Gasteiger partial charge is 0.494 e. The SMILES string of the molecule is CCCS(=O)(=O)N(CCN(C)C)c1ccc(N=C(c2ccccc2)c2c(O)[nH]c3cc(Br)ccc23)cc1. The van der Waals surface area contributed by atoms with Crippen LogP contribution in [0.5, 0.6) is 5.88 Å². The number of halogens is 1. The van der Waals surface area contributed by atoms with Crippen LogP contribution >= 0.6 is 15.9 Å². The highest BCUT2D eigenvalue weighted by atomic mass is 79.9. The molecule has 0 unspecified atom stereocenters. The fourth-order valence-corrected chi connectivity index (χ4v) is 6.07. The molecule has 0 bridgehead atoms. The van der Waals surface area contributed by atoms with Gasteiger partial charge in [0.15, 0.2) is 5.88 Å². The molecule has 4 rings (SSSR count). The van der Waals surface area contributed by atoms with Crippen LogP contribution in [-0.4, -0.2) is 62.1 Å². The van der Waals surface area contributed by atoms with E-state index in [2.05, 4.69) is 20.9 Å². The van der Waals surface area contributed by atoms with Crippen molar-refractivity contribution >= 4 is 53.9 Å². The number of nitrogens with one attached hydrogen (secondary N) is 1. The van der Waals surface area contributed by atoms with Crippen molar-refractivity contribution in [2.45, 2.75) is 13.3 Å². The van der Waals surface area contributed by atoms with Gasteiger partial charge in [-0.05, 0) is 56.9 Å². The fraction of sp³-hybridized carbons (Fsp3) is 0.250. The van der Waals surface area contributed by atoms with Crippen LogP contribution in [0.4, 0.5) is 11.4 Å². The molecule has 194 valence electrons. The molecule has 0 saturated heterocycles. The normalized spacial score (nSPS) is 12.4. The van der Waals surface area contributed by atoms with E-state index >= 15 is 0 Å². The summed E-state index contributed by atoms with van der Waals surface area (Å²) in [5.74, 6) is 0.127. The van der Waals surface area contributed by atoms with Gasteiger partial charge in [-0.1, -0.05) is 59.3 Å². The topological polar surface area (TPSA) is 89.0 Å². The third-order valence-electron chi connectivity index (χ3n) is 5.95. The Balaban J connectivity index is 1.78. The van der Waals surface area contributed by atoms with Gasteiger partial charge in [0.2, 0.25) is 10.0 Å². The van der Waals surface area contributed by atoms with E-state index in [0.29, 0.717) is 42.2 Å². The highest BCUT2D eigenvalue weighted by Crippen LogP contribution is 2.33. The van der Waals surface area contributed by atoms with Gasteiger partial charge in [-0.25, -0.2) is 13.4 Å². The number of aliphatic imine (C=N–C) groups is 1. The fourth-order valence-electron chi connectivity index (χ4n) is 4.17. The maximum atomic E-state index is 13.0. The lowest BCUT2D eigenvalue weighted by Gasteiger charge is -2.26. The smallest absolute Gasteiger partial charge is 0.235 e. The molecule has 7 nitrogen and oxygen atoms in total. The molecule has 0 aliphatic carbocycles. The average molecular weight is 584 g/mol. The van der Waals surface area contributed by atoms with E-state index < -0.39 is 10.0 Å². The Labute approximate surface area is 226 Å². The van der Waals surface area contributed by atoms with Crippen LogP contribution < -0.4 is 4.31 Å². The van der Waals surface area contributed by atoms with E-state index in [4.69, 9.17) is 4.99 Å². The Hall–Kier alpha value is -3.14. The first-order valence-electron chi connectivity index (χ1n) is 12.1. The first-order chi connectivity index (χ1) is 17.7. The number of H-pyrrole nitrogens is 1. The summed E-state index contributed by atoms with van der Waals surface area (Å²) in [6.07, 6.45) is 0.550. The number of aromatic hydroxyl groups is 1. The van der Waals surface area contributed by atoms with Gasteiger partial charge < -0.3 is 15.0 Å². The molecular weight excluding hydrogens is 552 g/mol. The van der Waals surface area contributed by atoms with E-state index in [1.807, 2.05) is 86.6 Å². The second-order valence-corrected chi connectivity index (χ2v) is 12.0. The molecule has 0 atom stereocenters. The van der Waals surface area contributed by atoms with Crippen LogP contribution in [0, 0.1) is 0 Å². The van der Waals surface area contributed by atoms with Gasteiger partial charge in [0.05, 0.1) is 33.9 Å². The lowest BCUT2D eigenvalue weighted by Crippen LogP contribution is -2.38. The number of benzene rings is 3. The minimum absolute atomic E-state index is 0.0350. The second kappa shape index (κ2) is 11.5. The van der Waals surface area contributed by atoms with Crippen LogP contribution in [0.1, 0.15) is 24.5 Å². The lowest BCUT2D eigenvalue weighted by atomic mass is 10.0. The molecule has 0 amide bonds. The zero-order chi connectivity index (χ0) is 26.6. The maximum Gasteiger partial charge on any atom is 0.235 e. The van der Waals surface area contributed by atoms with Gasteiger partial charge in [-0.15, -0.1) is 0 Å². The summed E-state index contributed by atoms with van der Waals surface area (Å²) in [4.78, 5) is 9.94. The third-order valence-corrected chi connectivity index (χ3v) is 8.43. The van der Waals surface area contributed by atoms with Gasteiger partial charge >= 0.3 is 0 Å². The zero-order valence-corrected chi connectivity index (χ0v) is 23.6. The van der Waals surface area contributed by atoms with E-state index in [1.165, 1.54) is 4.31 Å². The molecule has 0 aliphatic heterocycles. The number of hydrogen-bond donors (Lipinski definition) is 2. The van der Waals surface area contributed by atoms with Crippen LogP contribution in [0.25, 0.3) is 10.9 Å². The predicted molar refractivity (Wildman–Crippen MR) is 156 cm³/mol. The average Bonchev–Trinajstić information content (AvgIpc) is 3.18. The molecule has 0 aliphatic rings. The van der Waals surface area contributed by atoms with Crippen molar-refractivity contribution in [1.29, 1.82) is 0 Å². The monoisotopic (exact) mass is 582 g/mol. The first-order valence-corrected chi connectivity index (χ1v) is 14.5. The van der Waals surface area contributed by atoms with Crippen molar-refractivity contribution in [1.82, 2.24) is 9.88 Å². The summed E-state index contributed by atoms with van der Waals surface area (Å²) in [5.41, 5.74) is 4.12. The Morgan fingerprint density at radius 3 is 2.35 bits per heavy atom. The quantitative estimate of drug-likeness (QED) is 0.227. The van der Waals surface area contributed by atoms with Crippen LogP contribution in [-0.2, 0) is 10.0 Å². The molecule has 0 spiro atoms. The molecule has 0 fully saturated rings. The highest BCUT2D eigenvalue weighted by Gasteiger charge is 2.22. The molecule has 1 heterocycles. The zero-order valence-electron chi connectivity index (χ0n) is 21.1. The van der Waals surface area contributed by atoms with Crippen molar-refractivity contribution in [3.8, 4) is 5.88 Å². The summed E-state index contributed by atoms with van der Waals surface area (Å²) in [7, 11) is 0.407. The maximum absolute atomic E-state index is 13.0. The minimum Gasteiger partial charge on any atom is -0.494 e. The molecule has 0 radical (unpaired) electrons. The van der Waals surface area contributed by atoms with Gasteiger partial charge in [-0.2, -0.15) is 0 Å².